The molecule has 6 nitrogen and oxygen atoms in total. The molecule has 156 valence electrons. The summed E-state index contributed by atoms with van der Waals surface area (Å²) in [6.45, 7) is 8.10. The van der Waals surface area contributed by atoms with Crippen LogP contribution < -0.4 is 0 Å². The Balaban J connectivity index is 1.49. The first-order valence-electron chi connectivity index (χ1n) is 10.7. The van der Waals surface area contributed by atoms with Gasteiger partial charge >= 0.3 is 5.97 Å². The number of hydrogen-bond donors (Lipinski definition) is 0. The topological polar surface area (TPSA) is 60.2 Å². The van der Waals surface area contributed by atoms with E-state index < -0.39 is 0 Å². The average Bonchev–Trinajstić information content (AvgIpc) is 3.08. The van der Waals surface area contributed by atoms with Crippen LogP contribution in [-0.2, 0) is 16.1 Å². The van der Waals surface area contributed by atoms with Crippen LogP contribution in [0.3, 0.4) is 0 Å². The zero-order valence-electron chi connectivity index (χ0n) is 17.7. The van der Waals surface area contributed by atoms with E-state index in [1.807, 2.05) is 36.4 Å². The van der Waals surface area contributed by atoms with Gasteiger partial charge in [0.15, 0.2) is 5.65 Å². The number of aryl methyl sites for hydroxylation is 1. The number of carbonyl (C=O) groups is 1. The lowest BCUT2D eigenvalue weighted by Crippen LogP contribution is -2.27. The Morgan fingerprint density at radius 3 is 2.47 bits per heavy atom. The second-order valence-corrected chi connectivity index (χ2v) is 7.40. The Morgan fingerprint density at radius 1 is 1.00 bits per heavy atom. The first-order valence-corrected chi connectivity index (χ1v) is 10.7. The molecule has 4 rings (SSSR count). The van der Waals surface area contributed by atoms with E-state index in [9.17, 15) is 4.79 Å². The predicted molar refractivity (Wildman–Crippen MR) is 121 cm³/mol. The van der Waals surface area contributed by atoms with Gasteiger partial charge in [0.25, 0.3) is 0 Å². The molecule has 0 saturated carbocycles. The highest BCUT2D eigenvalue weighted by Crippen LogP contribution is 2.28. The van der Waals surface area contributed by atoms with E-state index in [0.29, 0.717) is 26.0 Å². The minimum atomic E-state index is -0.139. The molecule has 0 amide bonds. The highest BCUT2D eigenvalue weighted by molar-refractivity contribution is 6.06. The number of ether oxygens (including phenoxy) is 1. The van der Waals surface area contributed by atoms with Gasteiger partial charge in [0.1, 0.15) is 12.1 Å². The number of hydrogen-bond acceptors (Lipinski definition) is 5. The summed E-state index contributed by atoms with van der Waals surface area (Å²) in [6.07, 6.45) is 1.10. The molecule has 0 aliphatic carbocycles. The Kier molecular flexibility index (Phi) is 6.23. The molecule has 2 heterocycles. The smallest absolute Gasteiger partial charge is 0.305 e. The number of nitrogens with zero attached hydrogens (tertiary/aromatic N) is 4. The van der Waals surface area contributed by atoms with Crippen LogP contribution in [0.1, 0.15) is 26.7 Å². The standard InChI is InChI=1S/C24H28N4O2/c1-3-27(4-2)16-17-30-22(29)14-9-15-28-21-13-8-5-10-18(21)23-24(28)26-20-12-7-6-11-19(20)25-23/h5-8,10-13H,3-4,9,14-17H2,1-2H3. The molecule has 0 unspecified atom stereocenters. The molecule has 30 heavy (non-hydrogen) atoms. The van der Waals surface area contributed by atoms with Gasteiger partial charge in [-0.2, -0.15) is 0 Å². The van der Waals surface area contributed by atoms with Gasteiger partial charge in [0.2, 0.25) is 0 Å². The summed E-state index contributed by atoms with van der Waals surface area (Å²) in [5, 5.41) is 1.09. The van der Waals surface area contributed by atoms with Crippen LogP contribution in [0, 0.1) is 0 Å². The number of likely N-dealkylation sites (N-methyl/N-ethyl adjacent to an activating group) is 1. The first-order chi connectivity index (χ1) is 14.7. The quantitative estimate of drug-likeness (QED) is 0.387. The summed E-state index contributed by atoms with van der Waals surface area (Å²) < 4.78 is 7.58. The summed E-state index contributed by atoms with van der Waals surface area (Å²) in [5.41, 5.74) is 4.64. The molecule has 0 saturated heterocycles. The van der Waals surface area contributed by atoms with E-state index in [1.54, 1.807) is 0 Å². The molecule has 0 aliphatic heterocycles. The number of carbonyl (C=O) groups excluding carboxylic acids is 1. The fraction of sp³-hybridized carbons (Fsp3) is 0.375. The van der Waals surface area contributed by atoms with Crippen molar-refractivity contribution < 1.29 is 9.53 Å². The van der Waals surface area contributed by atoms with Crippen LogP contribution in [0.4, 0.5) is 0 Å². The van der Waals surface area contributed by atoms with Crippen molar-refractivity contribution >= 4 is 39.1 Å². The van der Waals surface area contributed by atoms with E-state index in [-0.39, 0.29) is 5.97 Å². The normalized spacial score (nSPS) is 11.7. The van der Waals surface area contributed by atoms with Gasteiger partial charge < -0.3 is 14.2 Å². The van der Waals surface area contributed by atoms with Crippen LogP contribution in [0.25, 0.3) is 33.1 Å². The van der Waals surface area contributed by atoms with E-state index in [2.05, 4.69) is 35.4 Å². The van der Waals surface area contributed by atoms with Crippen molar-refractivity contribution in [3.63, 3.8) is 0 Å². The van der Waals surface area contributed by atoms with Crippen molar-refractivity contribution in [3.8, 4) is 0 Å². The second-order valence-electron chi connectivity index (χ2n) is 7.40. The fourth-order valence-corrected chi connectivity index (χ4v) is 3.89. The monoisotopic (exact) mass is 404 g/mol. The third kappa shape index (κ3) is 4.14. The zero-order chi connectivity index (χ0) is 20.9. The van der Waals surface area contributed by atoms with E-state index >= 15 is 0 Å². The van der Waals surface area contributed by atoms with E-state index in [1.165, 1.54) is 0 Å². The lowest BCUT2D eigenvalue weighted by Gasteiger charge is -2.17. The second kappa shape index (κ2) is 9.22. The summed E-state index contributed by atoms with van der Waals surface area (Å²) in [5.74, 6) is -0.139. The number of aromatic nitrogens is 3. The molecule has 6 heteroatoms. The Hall–Kier alpha value is -2.99. The lowest BCUT2D eigenvalue weighted by atomic mass is 10.2. The van der Waals surface area contributed by atoms with Crippen LogP contribution in [0.2, 0.25) is 0 Å². The van der Waals surface area contributed by atoms with Crippen molar-refractivity contribution in [3.05, 3.63) is 48.5 Å². The SMILES string of the molecule is CCN(CC)CCOC(=O)CCCn1c2ccccc2c2nc3ccccc3nc21. The molecule has 0 N–H and O–H groups in total. The minimum absolute atomic E-state index is 0.139. The predicted octanol–water partition coefficient (Wildman–Crippen LogP) is 4.40. The van der Waals surface area contributed by atoms with Gasteiger partial charge in [-0.15, -0.1) is 0 Å². The van der Waals surface area contributed by atoms with Crippen LogP contribution >= 0.6 is 0 Å². The molecule has 0 aliphatic rings. The fourth-order valence-electron chi connectivity index (χ4n) is 3.89. The van der Waals surface area contributed by atoms with E-state index in [0.717, 1.165) is 52.7 Å². The van der Waals surface area contributed by atoms with Gasteiger partial charge in [-0.1, -0.05) is 44.2 Å². The summed E-state index contributed by atoms with van der Waals surface area (Å²) in [6, 6.07) is 16.1. The molecular weight excluding hydrogens is 376 g/mol. The Labute approximate surface area is 176 Å². The van der Waals surface area contributed by atoms with Gasteiger partial charge in [0.05, 0.1) is 16.6 Å². The third-order valence-corrected chi connectivity index (χ3v) is 5.59. The van der Waals surface area contributed by atoms with Crippen LogP contribution in [0.15, 0.2) is 48.5 Å². The molecule has 0 fully saturated rings. The molecule has 0 spiro atoms. The Morgan fingerprint density at radius 2 is 1.70 bits per heavy atom. The maximum atomic E-state index is 12.2. The van der Waals surface area contributed by atoms with Crippen molar-refractivity contribution in [1.29, 1.82) is 0 Å². The summed E-state index contributed by atoms with van der Waals surface area (Å²) in [4.78, 5) is 24.1. The molecule has 0 bridgehead atoms. The maximum Gasteiger partial charge on any atom is 0.305 e. The molecule has 2 aromatic heterocycles. The summed E-state index contributed by atoms with van der Waals surface area (Å²) >= 11 is 0. The van der Waals surface area contributed by atoms with Crippen LogP contribution in [-0.4, -0.2) is 51.6 Å². The maximum absolute atomic E-state index is 12.2. The minimum Gasteiger partial charge on any atom is -0.464 e. The molecule has 0 radical (unpaired) electrons. The average molecular weight is 405 g/mol. The van der Waals surface area contributed by atoms with Crippen LogP contribution in [0.5, 0.6) is 0 Å². The lowest BCUT2D eigenvalue weighted by molar-refractivity contribution is -0.144. The number of para-hydroxylation sites is 3. The number of rotatable bonds is 9. The Bertz CT molecular complexity index is 1160. The van der Waals surface area contributed by atoms with Gasteiger partial charge in [0, 0.05) is 24.9 Å². The third-order valence-electron chi connectivity index (χ3n) is 5.59. The number of fused-ring (bicyclic) bond motifs is 4. The van der Waals surface area contributed by atoms with Gasteiger partial charge in [-0.25, -0.2) is 9.97 Å². The highest BCUT2D eigenvalue weighted by Gasteiger charge is 2.14. The summed E-state index contributed by atoms with van der Waals surface area (Å²) in [7, 11) is 0. The molecule has 0 atom stereocenters. The largest absolute Gasteiger partial charge is 0.464 e. The van der Waals surface area contributed by atoms with Crippen molar-refractivity contribution in [2.45, 2.75) is 33.2 Å². The molecule has 4 aromatic rings. The van der Waals surface area contributed by atoms with E-state index in [4.69, 9.17) is 14.7 Å². The van der Waals surface area contributed by atoms with Crippen molar-refractivity contribution in [2.24, 2.45) is 0 Å². The van der Waals surface area contributed by atoms with Crippen molar-refractivity contribution in [1.82, 2.24) is 19.4 Å². The first kappa shape index (κ1) is 20.3. The van der Waals surface area contributed by atoms with Crippen molar-refractivity contribution in [2.75, 3.05) is 26.2 Å². The van der Waals surface area contributed by atoms with Gasteiger partial charge in [-0.3, -0.25) is 4.79 Å². The number of benzene rings is 2. The zero-order valence-corrected chi connectivity index (χ0v) is 17.7. The van der Waals surface area contributed by atoms with Gasteiger partial charge in [-0.05, 0) is 37.7 Å². The molecule has 2 aromatic carbocycles. The highest BCUT2D eigenvalue weighted by atomic mass is 16.5. The number of esters is 1. The molecular formula is C24H28N4O2.